The van der Waals surface area contributed by atoms with Crippen LogP contribution >= 0.6 is 0 Å². The van der Waals surface area contributed by atoms with E-state index in [4.69, 9.17) is 0 Å². The normalized spacial score (nSPS) is 12.1. The first kappa shape index (κ1) is 33.6. The maximum Gasteiger partial charge on any atom is 0.210 e. The van der Waals surface area contributed by atoms with Crippen molar-refractivity contribution in [2.45, 2.75) is 40.3 Å². The second kappa shape index (κ2) is 16.7. The molecule has 0 bridgehead atoms. The standard InChI is InChI=1S/C44H44N4/c1-6-36-29-37(32-45-23-17-39(7-2)41-19-25-47(26-20-41)43-13-9-34(4)10-14-43)31-38(30-36)33-46-24-18-40(8-3)42-21-27-48(28-22-42)44-15-11-35(5)12-16-44/h7-31H,2-3,6,32-33H2,1,4-5H3/q+2/p+2/b39-17+,40-18+,45-23?,46-24?. The Kier molecular flexibility index (Phi) is 11.7. The minimum atomic E-state index is 0.741. The maximum atomic E-state index is 4.04. The molecule has 2 heterocycles. The first-order chi connectivity index (χ1) is 23.4. The van der Waals surface area contributed by atoms with Gasteiger partial charge in [0.15, 0.2) is 50.3 Å². The molecule has 0 aliphatic heterocycles. The van der Waals surface area contributed by atoms with Crippen molar-refractivity contribution in [2.75, 3.05) is 0 Å². The molecule has 0 fully saturated rings. The topological polar surface area (TPSA) is 35.7 Å². The van der Waals surface area contributed by atoms with E-state index in [1.165, 1.54) is 27.8 Å². The molecule has 0 saturated carbocycles. The van der Waals surface area contributed by atoms with Gasteiger partial charge in [-0.05, 0) is 66.3 Å². The molecule has 48 heavy (non-hydrogen) atoms. The van der Waals surface area contributed by atoms with Gasteiger partial charge in [0.05, 0.1) is 0 Å². The molecule has 2 aromatic heterocycles. The lowest BCUT2D eigenvalue weighted by atomic mass is 10.0. The average Bonchev–Trinajstić information content (AvgIpc) is 3.12. The van der Waals surface area contributed by atoms with Crippen LogP contribution in [0.25, 0.3) is 22.5 Å². The van der Waals surface area contributed by atoms with Crippen LogP contribution in [0.3, 0.4) is 0 Å². The van der Waals surface area contributed by atoms with Crippen molar-refractivity contribution in [3.63, 3.8) is 0 Å². The number of pyridine rings is 2. The Morgan fingerprint density at radius 1 is 0.562 bits per heavy atom. The molecule has 0 aliphatic carbocycles. The highest BCUT2D eigenvalue weighted by molar-refractivity contribution is 5.86. The molecule has 0 amide bonds. The number of hydrogen-bond donors (Lipinski definition) is 2. The molecule has 0 aliphatic rings. The third-order valence-corrected chi connectivity index (χ3v) is 8.32. The second-order valence-electron chi connectivity index (χ2n) is 11.9. The molecule has 0 spiro atoms. The molecule has 0 atom stereocenters. The number of hydrogen-bond acceptors (Lipinski definition) is 0. The van der Waals surface area contributed by atoms with Gasteiger partial charge >= 0.3 is 0 Å². The number of benzene rings is 3. The summed E-state index contributed by atoms with van der Waals surface area (Å²) < 4.78 is 4.24. The van der Waals surface area contributed by atoms with Gasteiger partial charge in [-0.2, -0.15) is 9.13 Å². The number of nitrogens with one attached hydrogen (secondary N) is 2. The van der Waals surface area contributed by atoms with Gasteiger partial charge in [0.2, 0.25) is 11.4 Å². The summed E-state index contributed by atoms with van der Waals surface area (Å²) in [7, 11) is 0. The van der Waals surface area contributed by atoms with Crippen molar-refractivity contribution in [3.8, 4) is 11.4 Å². The first-order valence-corrected chi connectivity index (χ1v) is 16.5. The largest absolute Gasteiger partial charge is 0.244 e. The van der Waals surface area contributed by atoms with E-state index in [0.717, 1.165) is 53.2 Å². The van der Waals surface area contributed by atoms with E-state index in [-0.39, 0.29) is 0 Å². The Bertz CT molecular complexity index is 1820. The molecular weight excluding hydrogens is 585 g/mol. The zero-order valence-corrected chi connectivity index (χ0v) is 28.4. The minimum Gasteiger partial charge on any atom is -0.244 e. The highest BCUT2D eigenvalue weighted by Crippen LogP contribution is 2.15. The van der Waals surface area contributed by atoms with E-state index < -0.39 is 0 Å². The van der Waals surface area contributed by atoms with Crippen LogP contribution in [0.5, 0.6) is 0 Å². The lowest BCUT2D eigenvalue weighted by Crippen LogP contribution is -2.67. The van der Waals surface area contributed by atoms with E-state index in [2.05, 4.69) is 181 Å². The smallest absolute Gasteiger partial charge is 0.210 e. The summed E-state index contributed by atoms with van der Waals surface area (Å²) in [6, 6.07) is 32.4. The van der Waals surface area contributed by atoms with Crippen molar-refractivity contribution in [3.05, 3.63) is 192 Å². The van der Waals surface area contributed by atoms with Crippen LogP contribution in [-0.4, -0.2) is 12.4 Å². The molecule has 5 aromatic rings. The van der Waals surface area contributed by atoms with Gasteiger partial charge in [0, 0.05) is 71.8 Å². The molecular formula is C44H46N4+4. The zero-order chi connectivity index (χ0) is 33.7. The third kappa shape index (κ3) is 9.17. The lowest BCUT2D eigenvalue weighted by molar-refractivity contribution is -0.596. The van der Waals surface area contributed by atoms with Crippen LogP contribution < -0.4 is 19.1 Å². The molecule has 238 valence electrons. The fraction of sp³-hybridized carbons (Fsp3) is 0.136. The summed E-state index contributed by atoms with van der Waals surface area (Å²) in [6.07, 6.45) is 21.3. The summed E-state index contributed by atoms with van der Waals surface area (Å²) in [5, 5.41) is 0. The number of allylic oxidation sites excluding steroid dienone is 6. The van der Waals surface area contributed by atoms with Crippen LogP contribution in [-0.2, 0) is 19.5 Å². The number of nitrogens with zero attached hydrogens (tertiary/aromatic N) is 2. The lowest BCUT2D eigenvalue weighted by Gasteiger charge is -2.03. The highest BCUT2D eigenvalue weighted by atomic mass is 14.9. The molecule has 0 unspecified atom stereocenters. The van der Waals surface area contributed by atoms with Gasteiger partial charge in [-0.15, -0.1) is 0 Å². The molecule has 4 heteroatoms. The summed E-state index contributed by atoms with van der Waals surface area (Å²) in [5.41, 5.74) is 13.0. The summed E-state index contributed by atoms with van der Waals surface area (Å²) in [6.45, 7) is 16.0. The van der Waals surface area contributed by atoms with Crippen LogP contribution in [0.2, 0.25) is 0 Å². The molecule has 2 N–H and O–H groups in total. The summed E-state index contributed by atoms with van der Waals surface area (Å²) in [4.78, 5) is 6.95. The monoisotopic (exact) mass is 630 g/mol. The Morgan fingerprint density at radius 3 is 1.29 bits per heavy atom. The predicted molar refractivity (Wildman–Crippen MR) is 199 cm³/mol. The molecule has 4 nitrogen and oxygen atoms in total. The van der Waals surface area contributed by atoms with Crippen molar-refractivity contribution in [2.24, 2.45) is 0 Å². The predicted octanol–water partition coefficient (Wildman–Crippen LogP) is 5.26. The molecule has 3 aromatic carbocycles. The van der Waals surface area contributed by atoms with Crippen LogP contribution in [0.15, 0.2) is 153 Å². The van der Waals surface area contributed by atoms with E-state index >= 15 is 0 Å². The fourth-order valence-corrected chi connectivity index (χ4v) is 5.48. The fourth-order valence-electron chi connectivity index (χ4n) is 5.48. The first-order valence-electron chi connectivity index (χ1n) is 16.5. The van der Waals surface area contributed by atoms with Gasteiger partial charge in [0.1, 0.15) is 0 Å². The van der Waals surface area contributed by atoms with Crippen molar-refractivity contribution in [1.82, 2.24) is 0 Å². The van der Waals surface area contributed by atoms with Crippen LogP contribution in [0.4, 0.5) is 0 Å². The van der Waals surface area contributed by atoms with E-state index in [0.29, 0.717) is 0 Å². The van der Waals surface area contributed by atoms with E-state index in [1.807, 2.05) is 24.6 Å². The number of aryl methyl sites for hydroxylation is 3. The Balaban J connectivity index is 1.21. The quantitative estimate of drug-likeness (QED) is 0.101. The molecule has 0 radical (unpaired) electrons. The third-order valence-electron chi connectivity index (χ3n) is 8.32. The number of rotatable bonds is 13. The van der Waals surface area contributed by atoms with Gasteiger partial charge in [-0.25, -0.2) is 9.98 Å². The Labute approximate surface area is 285 Å². The Hall–Kier alpha value is -5.74. The molecule has 0 saturated heterocycles. The molecule has 5 rings (SSSR count). The zero-order valence-electron chi connectivity index (χ0n) is 28.4. The van der Waals surface area contributed by atoms with E-state index in [9.17, 15) is 0 Å². The minimum absolute atomic E-state index is 0.741. The van der Waals surface area contributed by atoms with Crippen LogP contribution in [0.1, 0.15) is 45.9 Å². The van der Waals surface area contributed by atoms with Crippen LogP contribution in [0, 0.1) is 13.8 Å². The van der Waals surface area contributed by atoms with Crippen molar-refractivity contribution >= 4 is 23.6 Å². The average molecular weight is 631 g/mol. The van der Waals surface area contributed by atoms with Gasteiger partial charge < -0.3 is 0 Å². The summed E-state index contributed by atoms with van der Waals surface area (Å²) in [5.74, 6) is 0. The van der Waals surface area contributed by atoms with E-state index in [1.54, 1.807) is 0 Å². The maximum absolute atomic E-state index is 4.04. The SMILES string of the molecule is C=C/C(=C\C=[NH+]Cc1cc(CC)cc(C[NH+]=C/C=C(\C=C)c2cc[n+](-c3ccc(C)cc3)cc2)c1)c1cc[n+](-c2ccc(C)cc2)cc1. The second-order valence-corrected chi connectivity index (χ2v) is 11.9. The van der Waals surface area contributed by atoms with Gasteiger partial charge in [0.25, 0.3) is 0 Å². The van der Waals surface area contributed by atoms with Crippen molar-refractivity contribution in [1.29, 1.82) is 0 Å². The van der Waals surface area contributed by atoms with Gasteiger partial charge in [-0.3, -0.25) is 0 Å². The summed E-state index contributed by atoms with van der Waals surface area (Å²) >= 11 is 0. The van der Waals surface area contributed by atoms with Crippen molar-refractivity contribution < 1.29 is 19.1 Å². The highest BCUT2D eigenvalue weighted by Gasteiger charge is 2.09. The van der Waals surface area contributed by atoms with Gasteiger partial charge in [-0.1, -0.05) is 67.6 Å². The Morgan fingerprint density at radius 2 is 0.938 bits per heavy atom. The number of aromatic nitrogens is 2.